The number of benzene rings is 2. The van der Waals surface area contributed by atoms with Gasteiger partial charge < -0.3 is 33.6 Å². The molecule has 0 radical (unpaired) electrons. The van der Waals surface area contributed by atoms with Gasteiger partial charge in [0.2, 0.25) is 11.9 Å². The Morgan fingerprint density at radius 2 is 0.968 bits per heavy atom. The highest BCUT2D eigenvalue weighted by atomic mass is 35.5. The van der Waals surface area contributed by atoms with Crippen LogP contribution >= 0.6 is 12.4 Å². The van der Waals surface area contributed by atoms with Crippen LogP contribution < -0.4 is 33.6 Å². The molecule has 0 fully saturated rings. The van der Waals surface area contributed by atoms with E-state index in [1.165, 1.54) is 0 Å². The maximum Gasteiger partial charge on any atom is 0.323 e. The number of anilines is 2. The summed E-state index contributed by atoms with van der Waals surface area (Å²) in [5.74, 6) is -0.234. The minimum atomic E-state index is -0.382. The summed E-state index contributed by atoms with van der Waals surface area (Å²) in [6.07, 6.45) is 0. The molecule has 0 aliphatic carbocycles. The van der Waals surface area contributed by atoms with E-state index in [2.05, 4.69) is 31.0 Å². The molecule has 0 saturated carbocycles. The van der Waals surface area contributed by atoms with Crippen molar-refractivity contribution in [2.75, 3.05) is 10.6 Å². The van der Waals surface area contributed by atoms with Crippen molar-refractivity contribution in [3.63, 3.8) is 0 Å². The number of urea groups is 1. The summed E-state index contributed by atoms with van der Waals surface area (Å²) in [6.45, 7) is 3.55. The molecular formula is C19H25ClN10O. The highest BCUT2D eigenvalue weighted by Crippen LogP contribution is 2.14. The zero-order valence-corrected chi connectivity index (χ0v) is 17.9. The molecule has 0 atom stereocenters. The van der Waals surface area contributed by atoms with E-state index < -0.39 is 0 Å². The zero-order valence-electron chi connectivity index (χ0n) is 17.0. The Balaban J connectivity index is 0.00000480. The summed E-state index contributed by atoms with van der Waals surface area (Å²) in [5.41, 5.74) is 25.2. The fraction of sp³-hybridized carbons (Fsp3) is 0.105. The molecule has 31 heavy (non-hydrogen) atoms. The van der Waals surface area contributed by atoms with Crippen LogP contribution in [0.2, 0.25) is 0 Å². The second-order valence-corrected chi connectivity index (χ2v) is 6.15. The van der Waals surface area contributed by atoms with Gasteiger partial charge in [0.05, 0.1) is 11.4 Å². The van der Waals surface area contributed by atoms with E-state index in [4.69, 9.17) is 22.9 Å². The molecule has 0 bridgehead atoms. The fourth-order valence-corrected chi connectivity index (χ4v) is 2.26. The van der Waals surface area contributed by atoms with Gasteiger partial charge in [0.15, 0.2) is 0 Å². The Morgan fingerprint density at radius 1 is 0.645 bits per heavy atom. The summed E-state index contributed by atoms with van der Waals surface area (Å²) in [4.78, 5) is 12.2. The first-order chi connectivity index (χ1) is 14.2. The smallest absolute Gasteiger partial charge is 0.323 e. The number of nitrogens with one attached hydrogen (secondary N) is 2. The van der Waals surface area contributed by atoms with E-state index in [0.717, 1.165) is 11.1 Å². The summed E-state index contributed by atoms with van der Waals surface area (Å²) in [7, 11) is 0. The van der Waals surface area contributed by atoms with Gasteiger partial charge in [-0.15, -0.1) is 22.6 Å². The van der Waals surface area contributed by atoms with Gasteiger partial charge in [-0.3, -0.25) is 0 Å². The predicted octanol–water partition coefficient (Wildman–Crippen LogP) is 1.75. The lowest BCUT2D eigenvalue weighted by molar-refractivity contribution is 0.262. The van der Waals surface area contributed by atoms with Crippen LogP contribution in [0, 0.1) is 0 Å². The normalized spacial score (nSPS) is 11.0. The van der Waals surface area contributed by atoms with Gasteiger partial charge >= 0.3 is 6.03 Å². The highest BCUT2D eigenvalue weighted by Gasteiger charge is 2.05. The van der Waals surface area contributed by atoms with Crippen molar-refractivity contribution in [1.29, 1.82) is 0 Å². The highest BCUT2D eigenvalue weighted by molar-refractivity contribution is 6.02. The van der Waals surface area contributed by atoms with Crippen molar-refractivity contribution in [2.24, 2.45) is 43.3 Å². The van der Waals surface area contributed by atoms with Crippen LogP contribution in [0.15, 0.2) is 68.9 Å². The lowest BCUT2D eigenvalue weighted by Gasteiger charge is -2.09. The molecule has 10 N–H and O–H groups in total. The number of hydrogen-bond acceptors (Lipinski definition) is 5. The van der Waals surface area contributed by atoms with Gasteiger partial charge in [0.25, 0.3) is 0 Å². The average Bonchev–Trinajstić information content (AvgIpc) is 2.71. The molecule has 0 heterocycles. The van der Waals surface area contributed by atoms with Crippen molar-refractivity contribution in [1.82, 2.24) is 0 Å². The van der Waals surface area contributed by atoms with Crippen LogP contribution in [0.4, 0.5) is 16.2 Å². The van der Waals surface area contributed by atoms with Crippen molar-refractivity contribution in [3.05, 3.63) is 59.7 Å². The van der Waals surface area contributed by atoms with Crippen LogP contribution in [0.5, 0.6) is 0 Å². The first-order valence-corrected chi connectivity index (χ1v) is 8.80. The number of hydrogen-bond donors (Lipinski definition) is 6. The minimum absolute atomic E-state index is 0. The summed E-state index contributed by atoms with van der Waals surface area (Å²) < 4.78 is 0. The molecule has 0 spiro atoms. The van der Waals surface area contributed by atoms with Gasteiger partial charge in [-0.2, -0.15) is 10.2 Å². The van der Waals surface area contributed by atoms with Crippen molar-refractivity contribution in [2.45, 2.75) is 13.8 Å². The Bertz CT molecular complexity index is 921. The second-order valence-electron chi connectivity index (χ2n) is 6.15. The molecule has 2 aromatic rings. The first kappa shape index (κ1) is 24.9. The number of halogens is 1. The molecule has 2 aromatic carbocycles. The zero-order chi connectivity index (χ0) is 22.1. The van der Waals surface area contributed by atoms with Gasteiger partial charge in [0.1, 0.15) is 0 Å². The van der Waals surface area contributed by atoms with E-state index in [9.17, 15) is 4.79 Å². The molecule has 2 amide bonds. The predicted molar refractivity (Wildman–Crippen MR) is 129 cm³/mol. The van der Waals surface area contributed by atoms with Crippen molar-refractivity contribution < 1.29 is 4.79 Å². The number of guanidine groups is 2. The third-order valence-corrected chi connectivity index (χ3v) is 3.75. The summed E-state index contributed by atoms with van der Waals surface area (Å²) >= 11 is 0. The molecule has 0 saturated heterocycles. The Labute approximate surface area is 185 Å². The largest absolute Gasteiger partial charge is 0.369 e. The quantitative estimate of drug-likeness (QED) is 0.224. The fourth-order valence-electron chi connectivity index (χ4n) is 2.26. The molecule has 0 aliphatic heterocycles. The number of nitrogens with two attached hydrogens (primary N) is 4. The van der Waals surface area contributed by atoms with Crippen LogP contribution in [-0.2, 0) is 0 Å². The minimum Gasteiger partial charge on any atom is -0.369 e. The van der Waals surface area contributed by atoms with Crippen molar-refractivity contribution in [3.8, 4) is 0 Å². The number of rotatable bonds is 6. The molecule has 0 unspecified atom stereocenters. The maximum atomic E-state index is 12.2. The molecule has 164 valence electrons. The molecular weight excluding hydrogens is 420 g/mol. The summed E-state index contributed by atoms with van der Waals surface area (Å²) in [5, 5.41) is 20.5. The van der Waals surface area contributed by atoms with Crippen LogP contribution in [0.3, 0.4) is 0 Å². The Kier molecular flexibility index (Phi) is 9.47. The number of carbonyl (C=O) groups excluding carboxylic acids is 1. The Morgan fingerprint density at radius 3 is 1.26 bits per heavy atom. The Hall–Kier alpha value is -4.12. The lowest BCUT2D eigenvalue weighted by atomic mass is 10.1. The maximum absolute atomic E-state index is 12.2. The first-order valence-electron chi connectivity index (χ1n) is 8.80. The standard InChI is InChI=1S/C19H24N10O.ClH/c1-11(26-28-17(20)21)13-3-7-15(8-4-13)24-19(30)25-16-9-5-14(6-10-16)12(2)27-29-18(22)23;/h3-10H,1-2H3,(H4,20,21,28)(H4,22,23,29)(H2,24,25,30);1H/b26-11+,27-12+;. The van der Waals surface area contributed by atoms with E-state index in [-0.39, 0.29) is 30.4 Å². The number of amides is 2. The van der Waals surface area contributed by atoms with Crippen LogP contribution in [0.1, 0.15) is 25.0 Å². The monoisotopic (exact) mass is 444 g/mol. The van der Waals surface area contributed by atoms with Crippen LogP contribution in [-0.4, -0.2) is 29.4 Å². The molecule has 2 rings (SSSR count). The van der Waals surface area contributed by atoms with Gasteiger partial charge in [-0.25, -0.2) is 4.79 Å². The average molecular weight is 445 g/mol. The van der Waals surface area contributed by atoms with E-state index in [1.54, 1.807) is 62.4 Å². The number of nitrogens with zero attached hydrogens (tertiary/aromatic N) is 4. The third-order valence-electron chi connectivity index (χ3n) is 3.75. The van der Waals surface area contributed by atoms with Gasteiger partial charge in [-0.1, -0.05) is 24.3 Å². The summed E-state index contributed by atoms with van der Waals surface area (Å²) in [6, 6.07) is 13.8. The number of carbonyl (C=O) groups is 1. The topological polar surface area (TPSA) is 195 Å². The van der Waals surface area contributed by atoms with E-state index in [1.807, 2.05) is 0 Å². The van der Waals surface area contributed by atoms with Gasteiger partial charge in [0, 0.05) is 11.4 Å². The van der Waals surface area contributed by atoms with E-state index in [0.29, 0.717) is 22.8 Å². The molecule has 12 heteroatoms. The second kappa shape index (κ2) is 11.8. The molecule has 0 aromatic heterocycles. The molecule has 0 aliphatic rings. The van der Waals surface area contributed by atoms with Gasteiger partial charge in [-0.05, 0) is 49.2 Å². The lowest BCUT2D eigenvalue weighted by Crippen LogP contribution is -2.22. The SMILES string of the molecule is C/C(=N\N=C(N)N)c1ccc(NC(=O)Nc2ccc(/C(C)=N/N=C(N)N)cc2)cc1.Cl. The third kappa shape index (κ3) is 8.41. The van der Waals surface area contributed by atoms with Crippen LogP contribution in [0.25, 0.3) is 0 Å². The van der Waals surface area contributed by atoms with E-state index >= 15 is 0 Å². The molecule has 11 nitrogen and oxygen atoms in total. The van der Waals surface area contributed by atoms with Crippen molar-refractivity contribution >= 4 is 53.2 Å².